The fraction of sp³-hybridized carbons (Fsp3) is 0.409. The van der Waals surface area contributed by atoms with Gasteiger partial charge >= 0.3 is 6.09 Å². The number of rotatable bonds is 5. The maximum absolute atomic E-state index is 12.3. The summed E-state index contributed by atoms with van der Waals surface area (Å²) in [7, 11) is 0. The molecule has 1 atom stereocenters. The van der Waals surface area contributed by atoms with Crippen molar-refractivity contribution < 1.29 is 19.0 Å². The van der Waals surface area contributed by atoms with Gasteiger partial charge in [0.05, 0.1) is 6.04 Å². The normalized spacial score (nSPS) is 16.7. The van der Waals surface area contributed by atoms with Crippen LogP contribution in [0.1, 0.15) is 33.6 Å². The van der Waals surface area contributed by atoms with E-state index in [0.29, 0.717) is 23.9 Å². The molecule has 5 nitrogen and oxygen atoms in total. The molecule has 1 saturated heterocycles. The number of ether oxygens (including phenoxy) is 3. The molecule has 0 bridgehead atoms. The predicted octanol–water partition coefficient (Wildman–Crippen LogP) is 5.91. The number of nitrogens with zero attached hydrogens (tertiary/aromatic N) is 1. The van der Waals surface area contributed by atoms with Crippen LogP contribution in [0, 0.1) is 0 Å². The van der Waals surface area contributed by atoms with Crippen molar-refractivity contribution >= 4 is 17.7 Å². The summed E-state index contributed by atoms with van der Waals surface area (Å²) in [5.41, 5.74) is -0.495. The van der Waals surface area contributed by atoms with Gasteiger partial charge in [0, 0.05) is 11.6 Å². The van der Waals surface area contributed by atoms with Crippen molar-refractivity contribution in [1.29, 1.82) is 0 Å². The van der Waals surface area contributed by atoms with Crippen molar-refractivity contribution in [2.24, 2.45) is 0 Å². The first kappa shape index (κ1) is 20.3. The molecule has 1 amide bonds. The first-order valence-corrected chi connectivity index (χ1v) is 9.84. The van der Waals surface area contributed by atoms with Crippen LogP contribution in [0.5, 0.6) is 17.2 Å². The molecule has 1 aliphatic heterocycles. The number of halogens is 1. The van der Waals surface area contributed by atoms with Gasteiger partial charge in [0.25, 0.3) is 0 Å². The van der Waals surface area contributed by atoms with Crippen molar-refractivity contribution in [1.82, 2.24) is 4.90 Å². The first-order chi connectivity index (χ1) is 13.3. The summed E-state index contributed by atoms with van der Waals surface area (Å²) in [5.74, 6) is 2.17. The van der Waals surface area contributed by atoms with Crippen LogP contribution in [-0.4, -0.2) is 35.8 Å². The molecule has 28 heavy (non-hydrogen) atoms. The van der Waals surface area contributed by atoms with E-state index < -0.39 is 5.60 Å². The van der Waals surface area contributed by atoms with Crippen LogP contribution in [0.2, 0.25) is 5.02 Å². The number of likely N-dealkylation sites (tertiary alicyclic amines) is 1. The average molecular weight is 404 g/mol. The van der Waals surface area contributed by atoms with Gasteiger partial charge in [-0.1, -0.05) is 11.6 Å². The largest absolute Gasteiger partial charge is 0.491 e. The van der Waals surface area contributed by atoms with Crippen LogP contribution >= 0.6 is 11.6 Å². The van der Waals surface area contributed by atoms with E-state index in [2.05, 4.69) is 0 Å². The van der Waals surface area contributed by atoms with Crippen LogP contribution in [0.15, 0.2) is 48.5 Å². The number of benzene rings is 2. The highest BCUT2D eigenvalue weighted by Gasteiger charge is 2.32. The summed E-state index contributed by atoms with van der Waals surface area (Å²) in [5, 5.41) is 0.670. The SMILES string of the molecule is CC(C)(C)OC(=O)N1CCC[C@@H]1COc1ccc(Oc2ccc(Cl)cc2)cc1. The minimum Gasteiger partial charge on any atom is -0.491 e. The summed E-state index contributed by atoms with van der Waals surface area (Å²) in [6, 6.07) is 14.7. The maximum Gasteiger partial charge on any atom is 0.410 e. The highest BCUT2D eigenvalue weighted by atomic mass is 35.5. The topological polar surface area (TPSA) is 48.0 Å². The fourth-order valence-corrected chi connectivity index (χ4v) is 3.13. The molecule has 1 heterocycles. The quantitative estimate of drug-likeness (QED) is 0.622. The van der Waals surface area contributed by atoms with Crippen LogP contribution in [0.25, 0.3) is 0 Å². The van der Waals surface area contributed by atoms with Gasteiger partial charge in [0.1, 0.15) is 29.5 Å². The second-order valence-corrected chi connectivity index (χ2v) is 8.24. The second-order valence-electron chi connectivity index (χ2n) is 7.81. The Morgan fingerprint density at radius 3 is 2.21 bits per heavy atom. The standard InChI is InChI=1S/C22H26ClNO4/c1-22(2,3)28-21(25)24-14-4-5-17(24)15-26-18-10-12-20(13-11-18)27-19-8-6-16(23)7-9-19/h6-13,17H,4-5,14-15H2,1-3H3/t17-/m1/s1. The van der Waals surface area contributed by atoms with E-state index in [4.69, 9.17) is 25.8 Å². The van der Waals surface area contributed by atoms with E-state index in [1.54, 1.807) is 17.0 Å². The third-order valence-electron chi connectivity index (χ3n) is 4.32. The van der Waals surface area contributed by atoms with Crippen LogP contribution < -0.4 is 9.47 Å². The van der Waals surface area contributed by atoms with Gasteiger partial charge in [-0.25, -0.2) is 4.79 Å². The first-order valence-electron chi connectivity index (χ1n) is 9.46. The molecule has 1 fully saturated rings. The molecule has 2 aromatic carbocycles. The number of carbonyl (C=O) groups is 1. The highest BCUT2D eigenvalue weighted by Crippen LogP contribution is 2.26. The molecular formula is C22H26ClNO4. The zero-order chi connectivity index (χ0) is 20.1. The molecular weight excluding hydrogens is 378 g/mol. The van der Waals surface area contributed by atoms with E-state index >= 15 is 0 Å². The van der Waals surface area contributed by atoms with Gasteiger partial charge in [-0.2, -0.15) is 0 Å². The molecule has 0 aliphatic carbocycles. The smallest absolute Gasteiger partial charge is 0.410 e. The Balaban J connectivity index is 1.52. The predicted molar refractivity (Wildman–Crippen MR) is 109 cm³/mol. The van der Waals surface area contributed by atoms with Crippen LogP contribution in [0.3, 0.4) is 0 Å². The lowest BCUT2D eigenvalue weighted by Gasteiger charge is -2.28. The van der Waals surface area contributed by atoms with Crippen molar-refractivity contribution in [2.45, 2.75) is 45.3 Å². The molecule has 0 aromatic heterocycles. The molecule has 6 heteroatoms. The van der Waals surface area contributed by atoms with Crippen LogP contribution in [-0.2, 0) is 4.74 Å². The van der Waals surface area contributed by atoms with Crippen molar-refractivity contribution in [3.05, 3.63) is 53.6 Å². The van der Waals surface area contributed by atoms with Crippen molar-refractivity contribution in [3.8, 4) is 17.2 Å². The second kappa shape index (κ2) is 8.74. The third kappa shape index (κ3) is 5.80. The third-order valence-corrected chi connectivity index (χ3v) is 4.57. The van der Waals surface area contributed by atoms with E-state index in [1.807, 2.05) is 57.2 Å². The van der Waals surface area contributed by atoms with E-state index in [0.717, 1.165) is 24.3 Å². The molecule has 0 N–H and O–H groups in total. The Morgan fingerprint density at radius 1 is 1.04 bits per heavy atom. The Kier molecular flexibility index (Phi) is 6.35. The number of carbonyl (C=O) groups excluding carboxylic acids is 1. The summed E-state index contributed by atoms with van der Waals surface area (Å²) in [4.78, 5) is 14.1. The van der Waals surface area contributed by atoms with Gasteiger partial charge in [-0.15, -0.1) is 0 Å². The molecule has 150 valence electrons. The zero-order valence-corrected chi connectivity index (χ0v) is 17.2. The van der Waals surface area contributed by atoms with E-state index in [1.165, 1.54) is 0 Å². The fourth-order valence-electron chi connectivity index (χ4n) is 3.00. The van der Waals surface area contributed by atoms with Gasteiger partial charge in [-0.3, -0.25) is 0 Å². The van der Waals surface area contributed by atoms with Gasteiger partial charge < -0.3 is 19.1 Å². The Hall–Kier alpha value is -2.40. The lowest BCUT2D eigenvalue weighted by molar-refractivity contribution is 0.0187. The van der Waals surface area contributed by atoms with Gasteiger partial charge in [0.15, 0.2) is 0 Å². The van der Waals surface area contributed by atoms with Gasteiger partial charge in [-0.05, 0) is 82.1 Å². The van der Waals surface area contributed by atoms with Gasteiger partial charge in [0.2, 0.25) is 0 Å². The Labute approximate surface area is 171 Å². The zero-order valence-electron chi connectivity index (χ0n) is 16.5. The summed E-state index contributed by atoms with van der Waals surface area (Å²) < 4.78 is 17.2. The maximum atomic E-state index is 12.3. The van der Waals surface area contributed by atoms with E-state index in [-0.39, 0.29) is 12.1 Å². The lowest BCUT2D eigenvalue weighted by atomic mass is 10.2. The molecule has 0 saturated carbocycles. The Morgan fingerprint density at radius 2 is 1.61 bits per heavy atom. The molecule has 0 unspecified atom stereocenters. The summed E-state index contributed by atoms with van der Waals surface area (Å²) in [6.45, 7) is 6.77. The van der Waals surface area contributed by atoms with Crippen LogP contribution in [0.4, 0.5) is 4.79 Å². The lowest BCUT2D eigenvalue weighted by Crippen LogP contribution is -2.42. The number of hydrogen-bond donors (Lipinski definition) is 0. The summed E-state index contributed by atoms with van der Waals surface area (Å²) >= 11 is 5.88. The van der Waals surface area contributed by atoms with E-state index in [9.17, 15) is 4.79 Å². The van der Waals surface area contributed by atoms with Crippen molar-refractivity contribution in [2.75, 3.05) is 13.2 Å². The molecule has 3 rings (SSSR count). The average Bonchev–Trinajstić information content (AvgIpc) is 3.10. The highest BCUT2D eigenvalue weighted by molar-refractivity contribution is 6.30. The number of hydrogen-bond acceptors (Lipinski definition) is 4. The monoisotopic (exact) mass is 403 g/mol. The molecule has 0 spiro atoms. The minimum absolute atomic E-state index is 0.0276. The molecule has 1 aliphatic rings. The minimum atomic E-state index is -0.495. The number of amides is 1. The van der Waals surface area contributed by atoms with Crippen molar-refractivity contribution in [3.63, 3.8) is 0 Å². The molecule has 2 aromatic rings. The summed E-state index contributed by atoms with van der Waals surface area (Å²) in [6.07, 6.45) is 1.60. The Bertz CT molecular complexity index is 784. The molecule has 0 radical (unpaired) electrons.